The molecule has 0 heterocycles. The number of rotatable bonds is 5. The lowest BCUT2D eigenvalue weighted by Gasteiger charge is -1.92. The third kappa shape index (κ3) is 6.77. The van der Waals surface area contributed by atoms with Gasteiger partial charge in [-0.2, -0.15) is 0 Å². The summed E-state index contributed by atoms with van der Waals surface area (Å²) in [5, 5.41) is 2.70. The molecule has 3 nitrogen and oxygen atoms in total. The molecule has 0 aromatic carbocycles. The SMILES string of the molecule is CCC(=O)/C=C/NCC(C)=O. The molecule has 0 amide bonds. The lowest BCUT2D eigenvalue weighted by atomic mass is 10.3. The van der Waals surface area contributed by atoms with Gasteiger partial charge in [-0.15, -0.1) is 0 Å². The van der Waals surface area contributed by atoms with Gasteiger partial charge in [-0.1, -0.05) is 6.92 Å². The van der Waals surface area contributed by atoms with E-state index in [-0.39, 0.29) is 18.1 Å². The number of hydrogen-bond acceptors (Lipinski definition) is 3. The van der Waals surface area contributed by atoms with Gasteiger partial charge in [0, 0.05) is 12.6 Å². The molecule has 0 spiro atoms. The van der Waals surface area contributed by atoms with Crippen molar-refractivity contribution >= 4 is 11.6 Å². The number of Topliss-reactive ketones (excluding diaryl/α,β-unsaturated/α-hetero) is 1. The summed E-state index contributed by atoms with van der Waals surface area (Å²) >= 11 is 0. The number of hydrogen-bond donors (Lipinski definition) is 1. The first-order valence-electron chi connectivity index (χ1n) is 3.59. The van der Waals surface area contributed by atoms with Crippen LogP contribution in [0.2, 0.25) is 0 Å². The molecule has 0 atom stereocenters. The van der Waals surface area contributed by atoms with E-state index in [1.807, 2.05) is 0 Å². The summed E-state index contributed by atoms with van der Waals surface area (Å²) < 4.78 is 0. The van der Waals surface area contributed by atoms with Crippen LogP contribution in [0, 0.1) is 0 Å². The van der Waals surface area contributed by atoms with Crippen molar-refractivity contribution in [3.05, 3.63) is 12.3 Å². The predicted molar refractivity (Wildman–Crippen MR) is 43.1 cm³/mol. The minimum Gasteiger partial charge on any atom is -0.384 e. The summed E-state index contributed by atoms with van der Waals surface area (Å²) in [6.45, 7) is 3.56. The zero-order valence-corrected chi connectivity index (χ0v) is 6.89. The van der Waals surface area contributed by atoms with Crippen molar-refractivity contribution in [3.8, 4) is 0 Å². The van der Waals surface area contributed by atoms with Crippen molar-refractivity contribution < 1.29 is 9.59 Å². The fourth-order valence-corrected chi connectivity index (χ4v) is 0.472. The Bertz CT molecular complexity index is 173. The summed E-state index contributed by atoms with van der Waals surface area (Å²) in [6, 6.07) is 0. The van der Waals surface area contributed by atoms with Gasteiger partial charge in [-0.05, 0) is 13.0 Å². The van der Waals surface area contributed by atoms with Crippen molar-refractivity contribution in [2.45, 2.75) is 20.3 Å². The van der Waals surface area contributed by atoms with E-state index in [0.717, 1.165) is 0 Å². The molecule has 1 N–H and O–H groups in total. The van der Waals surface area contributed by atoms with E-state index in [1.165, 1.54) is 19.2 Å². The second-order valence-corrected chi connectivity index (χ2v) is 2.24. The normalized spacial score (nSPS) is 10.0. The molecule has 0 rings (SSSR count). The van der Waals surface area contributed by atoms with Crippen molar-refractivity contribution in [2.24, 2.45) is 0 Å². The number of nitrogens with one attached hydrogen (secondary N) is 1. The lowest BCUT2D eigenvalue weighted by molar-refractivity contribution is -0.116. The molecule has 11 heavy (non-hydrogen) atoms. The molecule has 0 radical (unpaired) electrons. The summed E-state index contributed by atoms with van der Waals surface area (Å²) in [4.78, 5) is 21.0. The van der Waals surface area contributed by atoms with E-state index in [2.05, 4.69) is 5.32 Å². The van der Waals surface area contributed by atoms with Crippen LogP contribution in [0.15, 0.2) is 12.3 Å². The van der Waals surface area contributed by atoms with Gasteiger partial charge in [0.05, 0.1) is 6.54 Å². The fourth-order valence-electron chi connectivity index (χ4n) is 0.472. The van der Waals surface area contributed by atoms with Crippen molar-refractivity contribution in [3.63, 3.8) is 0 Å². The number of carbonyl (C=O) groups excluding carboxylic acids is 2. The molecule has 0 bridgehead atoms. The van der Waals surface area contributed by atoms with E-state index in [1.54, 1.807) is 6.92 Å². The summed E-state index contributed by atoms with van der Waals surface area (Å²) in [5.74, 6) is 0.111. The van der Waals surface area contributed by atoms with Crippen LogP contribution >= 0.6 is 0 Å². The third-order valence-electron chi connectivity index (χ3n) is 1.09. The van der Waals surface area contributed by atoms with Crippen LogP contribution in [0.5, 0.6) is 0 Å². The second kappa shape index (κ2) is 5.65. The smallest absolute Gasteiger partial charge is 0.156 e. The number of carbonyl (C=O) groups is 2. The lowest BCUT2D eigenvalue weighted by Crippen LogP contribution is -2.14. The van der Waals surface area contributed by atoms with E-state index < -0.39 is 0 Å². The van der Waals surface area contributed by atoms with Gasteiger partial charge < -0.3 is 5.32 Å². The molecule has 0 saturated heterocycles. The topological polar surface area (TPSA) is 46.2 Å². The minimum atomic E-state index is 0.0543. The average Bonchev–Trinajstić information content (AvgIpc) is 1.97. The molecule has 0 fully saturated rings. The highest BCUT2D eigenvalue weighted by atomic mass is 16.1. The zero-order chi connectivity index (χ0) is 8.69. The Morgan fingerprint density at radius 2 is 2.09 bits per heavy atom. The summed E-state index contributed by atoms with van der Waals surface area (Å²) in [6.07, 6.45) is 3.44. The predicted octanol–water partition coefficient (Wildman–Crippen LogP) is 0.658. The molecule has 0 aromatic heterocycles. The number of ketones is 2. The van der Waals surface area contributed by atoms with Crippen LogP contribution in [-0.2, 0) is 9.59 Å². The van der Waals surface area contributed by atoms with Gasteiger partial charge in [0.1, 0.15) is 5.78 Å². The Kier molecular flexibility index (Phi) is 5.07. The average molecular weight is 155 g/mol. The van der Waals surface area contributed by atoms with E-state index in [9.17, 15) is 9.59 Å². The molecule has 62 valence electrons. The van der Waals surface area contributed by atoms with Gasteiger partial charge in [0.15, 0.2) is 5.78 Å². The Hall–Kier alpha value is -1.12. The highest BCUT2D eigenvalue weighted by Gasteiger charge is 1.89. The Labute approximate surface area is 66.5 Å². The molecule has 0 aliphatic rings. The fraction of sp³-hybridized carbons (Fsp3) is 0.500. The summed E-state index contributed by atoms with van der Waals surface area (Å²) in [5.41, 5.74) is 0. The first kappa shape index (κ1) is 9.88. The maximum absolute atomic E-state index is 10.6. The quantitative estimate of drug-likeness (QED) is 0.593. The standard InChI is InChI=1S/C8H13NO2/c1-3-8(11)4-5-9-6-7(2)10/h4-5,9H,3,6H2,1-2H3/b5-4+. The van der Waals surface area contributed by atoms with Crippen LogP contribution < -0.4 is 5.32 Å². The third-order valence-corrected chi connectivity index (χ3v) is 1.09. The van der Waals surface area contributed by atoms with Gasteiger partial charge in [0.2, 0.25) is 0 Å². The monoisotopic (exact) mass is 155 g/mol. The van der Waals surface area contributed by atoms with Crippen LogP contribution in [-0.4, -0.2) is 18.1 Å². The molecule has 0 aliphatic heterocycles. The largest absolute Gasteiger partial charge is 0.384 e. The molecular weight excluding hydrogens is 142 g/mol. The van der Waals surface area contributed by atoms with Crippen LogP contribution in [0.1, 0.15) is 20.3 Å². The first-order chi connectivity index (χ1) is 5.16. The summed E-state index contributed by atoms with van der Waals surface area (Å²) in [7, 11) is 0. The van der Waals surface area contributed by atoms with Gasteiger partial charge in [-0.25, -0.2) is 0 Å². The van der Waals surface area contributed by atoms with Gasteiger partial charge >= 0.3 is 0 Å². The molecule has 0 unspecified atom stereocenters. The maximum Gasteiger partial charge on any atom is 0.156 e. The number of allylic oxidation sites excluding steroid dienone is 1. The first-order valence-corrected chi connectivity index (χ1v) is 3.59. The highest BCUT2D eigenvalue weighted by molar-refractivity contribution is 5.89. The molecule has 0 aromatic rings. The van der Waals surface area contributed by atoms with E-state index >= 15 is 0 Å². The molecule has 3 heteroatoms. The van der Waals surface area contributed by atoms with Gasteiger partial charge in [0.25, 0.3) is 0 Å². The Morgan fingerprint density at radius 3 is 2.55 bits per heavy atom. The molecule has 0 saturated carbocycles. The molecular formula is C8H13NO2. The van der Waals surface area contributed by atoms with Crippen LogP contribution in [0.25, 0.3) is 0 Å². The van der Waals surface area contributed by atoms with E-state index in [0.29, 0.717) is 6.42 Å². The van der Waals surface area contributed by atoms with E-state index in [4.69, 9.17) is 0 Å². The molecule has 0 aliphatic carbocycles. The van der Waals surface area contributed by atoms with Crippen LogP contribution in [0.3, 0.4) is 0 Å². The minimum absolute atomic E-state index is 0.0543. The Morgan fingerprint density at radius 1 is 1.45 bits per heavy atom. The highest BCUT2D eigenvalue weighted by Crippen LogP contribution is 1.80. The van der Waals surface area contributed by atoms with Gasteiger partial charge in [-0.3, -0.25) is 9.59 Å². The van der Waals surface area contributed by atoms with Crippen molar-refractivity contribution in [2.75, 3.05) is 6.54 Å². The second-order valence-electron chi connectivity index (χ2n) is 2.24. The van der Waals surface area contributed by atoms with Crippen molar-refractivity contribution in [1.29, 1.82) is 0 Å². The van der Waals surface area contributed by atoms with Crippen molar-refractivity contribution in [1.82, 2.24) is 5.32 Å². The maximum atomic E-state index is 10.6. The van der Waals surface area contributed by atoms with Crippen LogP contribution in [0.4, 0.5) is 0 Å². The zero-order valence-electron chi connectivity index (χ0n) is 6.89. The Balaban J connectivity index is 3.45.